The minimum atomic E-state index is -0.374. The fourth-order valence-corrected chi connectivity index (χ4v) is 5.03. The van der Waals surface area contributed by atoms with Crippen molar-refractivity contribution in [2.24, 2.45) is 5.92 Å². The van der Waals surface area contributed by atoms with Crippen LogP contribution in [0.1, 0.15) is 122 Å². The molecule has 1 aromatic carbocycles. The zero-order chi connectivity index (χ0) is 26.8. The number of unbranched alkanes of at least 4 members (excludes halogenated alkanes) is 12. The highest BCUT2D eigenvalue weighted by Gasteiger charge is 2.23. The number of ether oxygens (including phenoxy) is 3. The Morgan fingerprint density at radius 2 is 1.42 bits per heavy atom. The summed E-state index contributed by atoms with van der Waals surface area (Å²) in [6, 6.07) is 8.95. The van der Waals surface area contributed by atoms with E-state index in [-0.39, 0.29) is 12.1 Å². The van der Waals surface area contributed by atoms with Crippen molar-refractivity contribution in [2.45, 2.75) is 116 Å². The van der Waals surface area contributed by atoms with Crippen LogP contribution in [0.2, 0.25) is 0 Å². The normalized spacial score (nSPS) is 17.6. The summed E-state index contributed by atoms with van der Waals surface area (Å²) in [7, 11) is 0. The Hall–Kier alpha value is -1.98. The molecule has 1 saturated heterocycles. The van der Waals surface area contributed by atoms with Crippen LogP contribution in [-0.4, -0.2) is 24.8 Å². The lowest BCUT2D eigenvalue weighted by atomic mass is 10.0. The average molecular weight is 528 g/mol. The van der Waals surface area contributed by atoms with Gasteiger partial charge < -0.3 is 14.2 Å². The van der Waals surface area contributed by atoms with Gasteiger partial charge in [-0.25, -0.2) is 4.39 Å². The minimum Gasteiger partial charge on any atom is -0.491 e. The number of halogens is 1. The molecule has 0 N–H and O–H groups in total. The van der Waals surface area contributed by atoms with Crippen molar-refractivity contribution in [1.82, 2.24) is 4.98 Å². The molecule has 0 atom stereocenters. The Labute approximate surface area is 230 Å². The van der Waals surface area contributed by atoms with Gasteiger partial charge in [0.15, 0.2) is 17.9 Å². The molecule has 1 fully saturated rings. The molecule has 2 heterocycles. The quantitative estimate of drug-likeness (QED) is 0.170. The molecule has 0 unspecified atom stereocenters. The summed E-state index contributed by atoms with van der Waals surface area (Å²) in [5.41, 5.74) is 2.36. The van der Waals surface area contributed by atoms with E-state index in [0.29, 0.717) is 18.3 Å². The Morgan fingerprint density at radius 3 is 2.03 bits per heavy atom. The topological polar surface area (TPSA) is 40.6 Å². The SMILES string of the molecule is CCCCCCCCCCOc1ccc(-c2ccc(C3OCC(CCCCCCCC)CO3)cn2)cc1F. The summed E-state index contributed by atoms with van der Waals surface area (Å²) in [4.78, 5) is 4.55. The first kappa shape index (κ1) is 30.6. The lowest BCUT2D eigenvalue weighted by Gasteiger charge is -2.29. The van der Waals surface area contributed by atoms with Crippen molar-refractivity contribution in [2.75, 3.05) is 19.8 Å². The molecule has 4 nitrogen and oxygen atoms in total. The van der Waals surface area contributed by atoms with Gasteiger partial charge in [-0.15, -0.1) is 0 Å². The zero-order valence-corrected chi connectivity index (χ0v) is 23.9. The van der Waals surface area contributed by atoms with E-state index < -0.39 is 0 Å². The number of pyridine rings is 1. The molecular weight excluding hydrogens is 477 g/mol. The molecule has 1 aliphatic heterocycles. The van der Waals surface area contributed by atoms with Crippen LogP contribution in [0.15, 0.2) is 36.5 Å². The van der Waals surface area contributed by atoms with Gasteiger partial charge in [-0.1, -0.05) is 103 Å². The maximum atomic E-state index is 14.7. The largest absolute Gasteiger partial charge is 0.491 e. The Bertz CT molecular complexity index is 880. The first-order valence-electron chi connectivity index (χ1n) is 15.3. The summed E-state index contributed by atoms with van der Waals surface area (Å²) < 4.78 is 32.4. The highest BCUT2D eigenvalue weighted by Crippen LogP contribution is 2.29. The first-order chi connectivity index (χ1) is 18.7. The van der Waals surface area contributed by atoms with Crippen molar-refractivity contribution < 1.29 is 18.6 Å². The van der Waals surface area contributed by atoms with Crippen molar-refractivity contribution >= 4 is 0 Å². The number of hydrogen-bond acceptors (Lipinski definition) is 4. The number of aromatic nitrogens is 1. The molecule has 212 valence electrons. The second kappa shape index (κ2) is 18.3. The summed E-state index contributed by atoms with van der Waals surface area (Å²) in [5, 5.41) is 0. The van der Waals surface area contributed by atoms with E-state index in [4.69, 9.17) is 14.2 Å². The molecule has 3 rings (SSSR count). The van der Waals surface area contributed by atoms with Gasteiger partial charge in [0.25, 0.3) is 0 Å². The second-order valence-corrected chi connectivity index (χ2v) is 10.9. The fourth-order valence-electron chi connectivity index (χ4n) is 5.03. The van der Waals surface area contributed by atoms with Gasteiger partial charge in [0.2, 0.25) is 0 Å². The highest BCUT2D eigenvalue weighted by atomic mass is 19.1. The molecule has 0 saturated carbocycles. The van der Waals surface area contributed by atoms with Crippen molar-refractivity contribution in [3.05, 3.63) is 47.9 Å². The van der Waals surface area contributed by atoms with E-state index in [9.17, 15) is 4.39 Å². The van der Waals surface area contributed by atoms with Gasteiger partial charge in [0.1, 0.15) is 0 Å². The molecule has 0 spiro atoms. The van der Waals surface area contributed by atoms with Crippen LogP contribution in [-0.2, 0) is 9.47 Å². The van der Waals surface area contributed by atoms with Gasteiger partial charge >= 0.3 is 0 Å². The van der Waals surface area contributed by atoms with Crippen LogP contribution in [0.4, 0.5) is 4.39 Å². The van der Waals surface area contributed by atoms with Crippen LogP contribution >= 0.6 is 0 Å². The maximum Gasteiger partial charge on any atom is 0.185 e. The molecule has 2 aromatic rings. The zero-order valence-electron chi connectivity index (χ0n) is 23.9. The third kappa shape index (κ3) is 11.0. The number of benzene rings is 1. The first-order valence-corrected chi connectivity index (χ1v) is 15.3. The van der Waals surface area contributed by atoms with E-state index in [0.717, 1.165) is 42.9 Å². The molecule has 38 heavy (non-hydrogen) atoms. The molecule has 5 heteroatoms. The van der Waals surface area contributed by atoms with Gasteiger partial charge in [-0.05, 0) is 37.1 Å². The lowest BCUT2D eigenvalue weighted by molar-refractivity contribution is -0.206. The van der Waals surface area contributed by atoms with E-state index in [1.54, 1.807) is 12.3 Å². The van der Waals surface area contributed by atoms with E-state index in [2.05, 4.69) is 18.8 Å². The predicted octanol–water partition coefficient (Wildman–Crippen LogP) is 9.82. The third-order valence-corrected chi connectivity index (χ3v) is 7.47. The predicted molar refractivity (Wildman–Crippen MR) is 154 cm³/mol. The Balaban J connectivity index is 1.36. The molecular formula is C33H50FNO3. The van der Waals surface area contributed by atoms with Gasteiger partial charge in [-0.2, -0.15) is 0 Å². The minimum absolute atomic E-state index is 0.313. The van der Waals surface area contributed by atoms with E-state index >= 15 is 0 Å². The Kier molecular flexibility index (Phi) is 14.7. The van der Waals surface area contributed by atoms with E-state index in [1.807, 2.05) is 18.2 Å². The summed E-state index contributed by atoms with van der Waals surface area (Å²) in [6.45, 7) is 6.50. The number of rotatable bonds is 19. The number of hydrogen-bond donors (Lipinski definition) is 0. The molecule has 1 aliphatic rings. The smallest absolute Gasteiger partial charge is 0.185 e. The highest BCUT2D eigenvalue weighted by molar-refractivity contribution is 5.60. The van der Waals surface area contributed by atoms with Gasteiger partial charge in [-0.3, -0.25) is 4.98 Å². The van der Waals surface area contributed by atoms with Crippen molar-refractivity contribution in [1.29, 1.82) is 0 Å². The summed E-state index contributed by atoms with van der Waals surface area (Å²) >= 11 is 0. The Morgan fingerprint density at radius 1 is 0.789 bits per heavy atom. The van der Waals surface area contributed by atoms with Gasteiger partial charge in [0.05, 0.1) is 25.5 Å². The standard InChI is InChI=1S/C33H50FNO3/c1-3-5-7-9-11-12-14-16-22-36-32-21-19-28(23-30(32)34)31-20-18-29(24-35-31)33-37-25-27(26-38-33)17-15-13-10-8-6-4-2/h18-21,23-24,27,33H,3-17,22,25-26H2,1-2H3. The molecule has 0 amide bonds. The van der Waals surface area contributed by atoms with Crippen LogP contribution in [0.25, 0.3) is 11.3 Å². The monoisotopic (exact) mass is 527 g/mol. The lowest BCUT2D eigenvalue weighted by Crippen LogP contribution is -2.27. The van der Waals surface area contributed by atoms with Crippen LogP contribution in [0, 0.1) is 11.7 Å². The number of nitrogens with zero attached hydrogens (tertiary/aromatic N) is 1. The fraction of sp³-hybridized carbons (Fsp3) is 0.667. The van der Waals surface area contributed by atoms with Crippen LogP contribution in [0.3, 0.4) is 0 Å². The van der Waals surface area contributed by atoms with Crippen molar-refractivity contribution in [3.8, 4) is 17.0 Å². The van der Waals surface area contributed by atoms with Crippen LogP contribution in [0.5, 0.6) is 5.75 Å². The molecule has 0 bridgehead atoms. The van der Waals surface area contributed by atoms with Crippen LogP contribution < -0.4 is 4.74 Å². The molecule has 0 aliphatic carbocycles. The maximum absolute atomic E-state index is 14.7. The average Bonchev–Trinajstić information content (AvgIpc) is 2.95. The third-order valence-electron chi connectivity index (χ3n) is 7.47. The van der Waals surface area contributed by atoms with E-state index in [1.165, 1.54) is 89.5 Å². The molecule has 0 radical (unpaired) electrons. The van der Waals surface area contributed by atoms with Gasteiger partial charge in [0, 0.05) is 23.2 Å². The molecule has 1 aromatic heterocycles. The van der Waals surface area contributed by atoms with Crippen molar-refractivity contribution in [3.63, 3.8) is 0 Å². The summed E-state index contributed by atoms with van der Waals surface area (Å²) in [5.74, 6) is 0.444. The second-order valence-electron chi connectivity index (χ2n) is 10.9. The summed E-state index contributed by atoms with van der Waals surface area (Å²) in [6.07, 6.45) is 20.3.